The number of nitrogens with one attached hydrogen (secondary N) is 2. The number of H-pyrrole nitrogens is 1. The first kappa shape index (κ1) is 23.9. The van der Waals surface area contributed by atoms with Crippen molar-refractivity contribution in [2.45, 2.75) is 33.0 Å². The summed E-state index contributed by atoms with van der Waals surface area (Å²) in [6.07, 6.45) is -0.604. The summed E-state index contributed by atoms with van der Waals surface area (Å²) in [6.45, 7) is 4.11. The Labute approximate surface area is 197 Å². The number of aryl methyl sites for hydroxylation is 2. The second-order valence-corrected chi connectivity index (χ2v) is 8.03. The minimum Gasteiger partial charge on any atom is -0.467 e. The van der Waals surface area contributed by atoms with Gasteiger partial charge in [0, 0.05) is 6.07 Å². The van der Waals surface area contributed by atoms with E-state index in [1.54, 1.807) is 13.1 Å². The van der Waals surface area contributed by atoms with Crippen LogP contribution in [-0.2, 0) is 0 Å². The van der Waals surface area contributed by atoms with Gasteiger partial charge in [0.05, 0.1) is 36.0 Å². The molecule has 1 atom stereocenters. The number of carbonyl (C=O) groups is 1. The summed E-state index contributed by atoms with van der Waals surface area (Å²) < 4.78 is 42.6. The lowest BCUT2D eigenvalue weighted by Crippen LogP contribution is -2.27. The van der Waals surface area contributed by atoms with Crippen molar-refractivity contribution in [3.05, 3.63) is 75.7 Å². The summed E-state index contributed by atoms with van der Waals surface area (Å²) in [7, 11) is 0. The molecule has 3 heterocycles. The molecule has 9 nitrogen and oxygen atoms in total. The number of aromatic amines is 1. The third-order valence-corrected chi connectivity index (χ3v) is 5.34. The summed E-state index contributed by atoms with van der Waals surface area (Å²) in [5, 5.41) is 6.91. The van der Waals surface area contributed by atoms with Crippen molar-refractivity contribution < 1.29 is 22.7 Å². The van der Waals surface area contributed by atoms with E-state index in [4.69, 9.17) is 0 Å². The Kier molecular flexibility index (Phi) is 6.29. The fraction of sp³-hybridized carbons (Fsp3) is 0.261. The molecule has 12 heteroatoms. The topological polar surface area (TPSA) is 114 Å². The minimum atomic E-state index is -4.49. The molecular weight excluding hydrogens is 465 g/mol. The van der Waals surface area contributed by atoms with Gasteiger partial charge in [0.1, 0.15) is 5.52 Å². The average molecular weight is 486 g/mol. The molecular formula is C23H21F3N6O3. The molecule has 0 fully saturated rings. The van der Waals surface area contributed by atoms with Gasteiger partial charge in [-0.05, 0) is 43.5 Å². The predicted octanol–water partition coefficient (Wildman–Crippen LogP) is 3.53. The van der Waals surface area contributed by atoms with Crippen LogP contribution in [0.5, 0.6) is 5.88 Å². The van der Waals surface area contributed by atoms with Gasteiger partial charge in [0.2, 0.25) is 5.88 Å². The van der Waals surface area contributed by atoms with Crippen LogP contribution in [0, 0.1) is 13.8 Å². The van der Waals surface area contributed by atoms with Crippen LogP contribution in [0.15, 0.2) is 47.7 Å². The first-order valence-electron chi connectivity index (χ1n) is 10.5. The number of ether oxygens (including phenoxy) is 1. The van der Waals surface area contributed by atoms with E-state index in [-0.39, 0.29) is 17.1 Å². The lowest BCUT2D eigenvalue weighted by atomic mass is 10.0. The zero-order chi connectivity index (χ0) is 25.3. The predicted molar refractivity (Wildman–Crippen MR) is 120 cm³/mol. The lowest BCUT2D eigenvalue weighted by Gasteiger charge is -2.13. The Bertz CT molecular complexity index is 1440. The summed E-state index contributed by atoms with van der Waals surface area (Å²) in [5.41, 5.74) is 3.66. The molecule has 0 spiro atoms. The highest BCUT2D eigenvalue weighted by Crippen LogP contribution is 2.20. The zero-order valence-corrected chi connectivity index (χ0v) is 19.0. The van der Waals surface area contributed by atoms with E-state index in [0.717, 1.165) is 22.9 Å². The minimum absolute atomic E-state index is 0.0117. The Balaban J connectivity index is 1.50. The molecule has 0 radical (unpaired) electrons. The van der Waals surface area contributed by atoms with E-state index in [1.807, 2.05) is 32.0 Å². The molecule has 35 heavy (non-hydrogen) atoms. The van der Waals surface area contributed by atoms with E-state index >= 15 is 0 Å². The van der Waals surface area contributed by atoms with Crippen LogP contribution < -0.4 is 15.6 Å². The van der Waals surface area contributed by atoms with Gasteiger partial charge >= 0.3 is 6.18 Å². The highest BCUT2D eigenvalue weighted by Gasteiger charge is 2.28. The Hall–Kier alpha value is -4.22. The number of carbonyl (C=O) groups excluding carboxylic acids is 1. The average Bonchev–Trinajstić information content (AvgIpc) is 3.24. The van der Waals surface area contributed by atoms with Gasteiger partial charge in [0.15, 0.2) is 12.3 Å². The zero-order valence-electron chi connectivity index (χ0n) is 19.0. The van der Waals surface area contributed by atoms with Crippen molar-refractivity contribution in [3.63, 3.8) is 0 Å². The van der Waals surface area contributed by atoms with E-state index in [9.17, 15) is 22.8 Å². The van der Waals surface area contributed by atoms with Gasteiger partial charge in [0.25, 0.3) is 11.5 Å². The van der Waals surface area contributed by atoms with Gasteiger partial charge in [-0.25, -0.2) is 9.50 Å². The monoisotopic (exact) mass is 486 g/mol. The van der Waals surface area contributed by atoms with Crippen molar-refractivity contribution in [2.24, 2.45) is 0 Å². The van der Waals surface area contributed by atoms with Crippen molar-refractivity contribution in [1.82, 2.24) is 29.9 Å². The number of rotatable bonds is 6. The largest absolute Gasteiger partial charge is 0.467 e. The summed E-state index contributed by atoms with van der Waals surface area (Å²) >= 11 is 0. The first-order valence-corrected chi connectivity index (χ1v) is 10.5. The molecule has 4 rings (SSSR count). The summed E-state index contributed by atoms with van der Waals surface area (Å²) in [6, 6.07) is 6.52. The molecule has 0 aliphatic rings. The van der Waals surface area contributed by atoms with Gasteiger partial charge in [-0.1, -0.05) is 12.1 Å². The number of hydrogen-bond donors (Lipinski definition) is 2. The molecule has 1 unspecified atom stereocenters. The summed E-state index contributed by atoms with van der Waals surface area (Å²) in [5.74, 6) is -0.851. The number of fused-ring (bicyclic) bond motifs is 1. The van der Waals surface area contributed by atoms with Gasteiger partial charge < -0.3 is 15.0 Å². The smallest absolute Gasteiger partial charge is 0.422 e. The lowest BCUT2D eigenvalue weighted by molar-refractivity contribution is -0.154. The number of nitrogens with zero attached hydrogens (tertiary/aromatic N) is 4. The third-order valence-electron chi connectivity index (χ3n) is 5.34. The summed E-state index contributed by atoms with van der Waals surface area (Å²) in [4.78, 5) is 35.9. The number of alkyl halides is 3. The molecule has 1 amide bonds. The normalized spacial score (nSPS) is 12.5. The Morgan fingerprint density at radius 3 is 2.60 bits per heavy atom. The van der Waals surface area contributed by atoms with Gasteiger partial charge in [-0.2, -0.15) is 18.3 Å². The SMILES string of the molecule is Cc1ccc(-c2cn3nc(C(=O)NC(C)c4cnc(OCC(F)(F)F)cn4)cc3c(=O)[nH]2)cc1C. The van der Waals surface area contributed by atoms with E-state index in [1.165, 1.54) is 16.8 Å². The molecule has 0 aliphatic carbocycles. The standard InChI is InChI=1S/C23H21F3N6O3/c1-12-4-5-15(6-13(12)2)18-10-32-19(22(34)30-18)7-16(31-32)21(33)29-14(3)17-8-28-20(9-27-17)35-11-23(24,25)26/h4-10,14H,11H2,1-3H3,(H,29,33)(H,30,34). The van der Waals surface area contributed by atoms with E-state index in [0.29, 0.717) is 11.4 Å². The van der Waals surface area contributed by atoms with Crippen LogP contribution in [0.4, 0.5) is 13.2 Å². The second kappa shape index (κ2) is 9.20. The van der Waals surface area contributed by atoms with E-state index < -0.39 is 30.3 Å². The van der Waals surface area contributed by atoms with Crippen LogP contribution in [0.1, 0.15) is 40.3 Å². The van der Waals surface area contributed by atoms with Crippen molar-refractivity contribution in [3.8, 4) is 17.1 Å². The molecule has 1 aromatic carbocycles. The number of aromatic nitrogens is 5. The van der Waals surface area contributed by atoms with Crippen LogP contribution >= 0.6 is 0 Å². The number of amides is 1. The highest BCUT2D eigenvalue weighted by molar-refractivity contribution is 5.93. The van der Waals surface area contributed by atoms with Crippen LogP contribution in [0.25, 0.3) is 16.8 Å². The van der Waals surface area contributed by atoms with Crippen molar-refractivity contribution in [1.29, 1.82) is 0 Å². The molecule has 2 N–H and O–H groups in total. The molecule has 4 aromatic rings. The fourth-order valence-electron chi connectivity index (χ4n) is 3.29. The van der Waals surface area contributed by atoms with E-state index in [2.05, 4.69) is 30.1 Å². The van der Waals surface area contributed by atoms with Gasteiger partial charge in [-0.15, -0.1) is 0 Å². The molecule has 182 valence electrons. The quantitative estimate of drug-likeness (QED) is 0.431. The van der Waals surface area contributed by atoms with Crippen LogP contribution in [0.2, 0.25) is 0 Å². The van der Waals surface area contributed by atoms with Crippen LogP contribution in [-0.4, -0.2) is 43.3 Å². The molecule has 0 aliphatic heterocycles. The van der Waals surface area contributed by atoms with Crippen molar-refractivity contribution >= 4 is 11.4 Å². The maximum Gasteiger partial charge on any atom is 0.422 e. The molecule has 3 aromatic heterocycles. The number of hydrogen-bond acceptors (Lipinski definition) is 6. The van der Waals surface area contributed by atoms with Gasteiger partial charge in [-0.3, -0.25) is 14.6 Å². The number of halogens is 3. The maximum atomic E-state index is 12.7. The number of benzene rings is 1. The molecule has 0 bridgehead atoms. The maximum absolute atomic E-state index is 12.7. The Morgan fingerprint density at radius 2 is 1.94 bits per heavy atom. The second-order valence-electron chi connectivity index (χ2n) is 8.03. The fourth-order valence-corrected chi connectivity index (χ4v) is 3.29. The molecule has 0 saturated heterocycles. The van der Waals surface area contributed by atoms with Crippen LogP contribution in [0.3, 0.4) is 0 Å². The molecule has 0 saturated carbocycles. The Morgan fingerprint density at radius 1 is 1.17 bits per heavy atom. The van der Waals surface area contributed by atoms with Crippen molar-refractivity contribution in [2.75, 3.05) is 6.61 Å². The highest BCUT2D eigenvalue weighted by atomic mass is 19.4. The first-order chi connectivity index (χ1) is 16.5. The third kappa shape index (κ3) is 5.48.